The summed E-state index contributed by atoms with van der Waals surface area (Å²) in [5.74, 6) is -0.785. The van der Waals surface area contributed by atoms with Crippen molar-refractivity contribution in [3.8, 4) is 0 Å². The number of urea groups is 1. The Labute approximate surface area is 178 Å². The maximum absolute atomic E-state index is 13.0. The van der Waals surface area contributed by atoms with Gasteiger partial charge in [0.15, 0.2) is 0 Å². The van der Waals surface area contributed by atoms with Gasteiger partial charge in [-0.1, -0.05) is 38.1 Å². The Bertz CT molecular complexity index is 817. The van der Waals surface area contributed by atoms with Crippen molar-refractivity contribution in [2.75, 3.05) is 33.2 Å². The number of amides is 5. The summed E-state index contributed by atoms with van der Waals surface area (Å²) >= 11 is 0. The zero-order valence-electron chi connectivity index (χ0n) is 18.7. The van der Waals surface area contributed by atoms with Crippen LogP contribution in [0.5, 0.6) is 0 Å². The average Bonchev–Trinajstić information content (AvgIpc) is 2.92. The van der Waals surface area contributed by atoms with E-state index in [-0.39, 0.29) is 12.5 Å². The fourth-order valence-electron chi connectivity index (χ4n) is 3.46. The van der Waals surface area contributed by atoms with Gasteiger partial charge in [0, 0.05) is 20.1 Å². The van der Waals surface area contributed by atoms with Crippen LogP contribution in [0, 0.1) is 0 Å². The fraction of sp³-hybridized carbons (Fsp3) is 0.545. The molecule has 1 aromatic rings. The van der Waals surface area contributed by atoms with Crippen molar-refractivity contribution in [1.82, 2.24) is 20.0 Å². The second kappa shape index (κ2) is 9.28. The third-order valence-corrected chi connectivity index (χ3v) is 5.64. The first-order chi connectivity index (χ1) is 14.0. The summed E-state index contributed by atoms with van der Waals surface area (Å²) in [7, 11) is 1.49. The lowest BCUT2D eigenvalue weighted by Crippen LogP contribution is -2.46. The van der Waals surface area contributed by atoms with E-state index in [0.717, 1.165) is 10.5 Å². The number of carbonyl (C=O) groups excluding carboxylic acids is 4. The molecule has 1 saturated heterocycles. The van der Waals surface area contributed by atoms with Crippen LogP contribution in [0.15, 0.2) is 24.3 Å². The number of benzene rings is 1. The summed E-state index contributed by atoms with van der Waals surface area (Å²) in [6.07, 6.45) is 0. The van der Waals surface area contributed by atoms with Crippen molar-refractivity contribution in [3.05, 3.63) is 35.4 Å². The van der Waals surface area contributed by atoms with E-state index in [9.17, 15) is 19.2 Å². The van der Waals surface area contributed by atoms with E-state index in [0.29, 0.717) is 24.6 Å². The van der Waals surface area contributed by atoms with E-state index in [2.05, 4.69) is 19.2 Å². The fourth-order valence-corrected chi connectivity index (χ4v) is 3.46. The molecule has 1 aliphatic rings. The predicted octanol–water partition coefficient (Wildman–Crippen LogP) is 1.90. The molecule has 8 nitrogen and oxygen atoms in total. The summed E-state index contributed by atoms with van der Waals surface area (Å²) in [5.41, 5.74) is 0.554. The van der Waals surface area contributed by atoms with Crippen LogP contribution in [0.25, 0.3) is 0 Å². The summed E-state index contributed by atoms with van der Waals surface area (Å²) < 4.78 is 0. The Morgan fingerprint density at radius 3 is 2.13 bits per heavy atom. The standard InChI is InChI=1S/C22H32N4O4/c1-7-25(8-2)19(28)13-24(6)18(27)14-26-20(29)22(5,23-21(26)30)17-11-9-16(10-12-17)15(3)4/h9-12,15H,7-8,13-14H2,1-6H3,(H,23,30)/t22-/m1/s1. The van der Waals surface area contributed by atoms with Gasteiger partial charge >= 0.3 is 6.03 Å². The number of imide groups is 1. The Hall–Kier alpha value is -2.90. The van der Waals surface area contributed by atoms with E-state index in [4.69, 9.17) is 0 Å². The van der Waals surface area contributed by atoms with E-state index >= 15 is 0 Å². The van der Waals surface area contributed by atoms with Crippen molar-refractivity contribution in [3.63, 3.8) is 0 Å². The Morgan fingerprint density at radius 1 is 1.07 bits per heavy atom. The minimum absolute atomic E-state index is 0.0991. The first-order valence-electron chi connectivity index (χ1n) is 10.3. The van der Waals surface area contributed by atoms with Crippen LogP contribution in [0.2, 0.25) is 0 Å². The molecule has 0 unspecified atom stereocenters. The molecule has 0 radical (unpaired) electrons. The topological polar surface area (TPSA) is 90.0 Å². The molecule has 1 N–H and O–H groups in total. The number of likely N-dealkylation sites (N-methyl/N-ethyl adjacent to an activating group) is 2. The third-order valence-electron chi connectivity index (χ3n) is 5.64. The number of nitrogens with zero attached hydrogens (tertiary/aromatic N) is 3. The number of hydrogen-bond donors (Lipinski definition) is 1. The summed E-state index contributed by atoms with van der Waals surface area (Å²) in [5, 5.41) is 2.71. The molecule has 0 spiro atoms. The third kappa shape index (κ3) is 4.63. The number of hydrogen-bond acceptors (Lipinski definition) is 4. The smallest absolute Gasteiger partial charge is 0.325 e. The maximum Gasteiger partial charge on any atom is 0.325 e. The van der Waals surface area contributed by atoms with Crippen molar-refractivity contribution in [2.45, 2.75) is 46.1 Å². The maximum atomic E-state index is 13.0. The summed E-state index contributed by atoms with van der Waals surface area (Å²) in [6, 6.07) is 6.91. The highest BCUT2D eigenvalue weighted by Gasteiger charge is 2.49. The van der Waals surface area contributed by atoms with E-state index in [1.165, 1.54) is 11.9 Å². The van der Waals surface area contributed by atoms with Gasteiger partial charge in [-0.05, 0) is 37.8 Å². The highest BCUT2D eigenvalue weighted by Crippen LogP contribution is 2.29. The van der Waals surface area contributed by atoms with Crippen LogP contribution in [0.1, 0.15) is 51.7 Å². The molecule has 0 bridgehead atoms. The molecule has 8 heteroatoms. The van der Waals surface area contributed by atoms with Gasteiger partial charge in [0.05, 0.1) is 6.54 Å². The van der Waals surface area contributed by atoms with Gasteiger partial charge < -0.3 is 15.1 Å². The molecule has 1 fully saturated rings. The summed E-state index contributed by atoms with van der Waals surface area (Å²) in [6.45, 7) is 10.1. The largest absolute Gasteiger partial charge is 0.342 e. The van der Waals surface area contributed by atoms with Crippen LogP contribution in [-0.2, 0) is 19.9 Å². The first-order valence-corrected chi connectivity index (χ1v) is 10.3. The lowest BCUT2D eigenvalue weighted by Gasteiger charge is -2.25. The van der Waals surface area contributed by atoms with Crippen LogP contribution in [0.4, 0.5) is 4.79 Å². The van der Waals surface area contributed by atoms with E-state index < -0.39 is 29.9 Å². The molecule has 0 aromatic heterocycles. The summed E-state index contributed by atoms with van der Waals surface area (Å²) in [4.78, 5) is 54.1. The first kappa shape index (κ1) is 23.4. The lowest BCUT2D eigenvalue weighted by atomic mass is 9.90. The van der Waals surface area contributed by atoms with Gasteiger partial charge in [0.25, 0.3) is 5.91 Å². The molecule has 30 heavy (non-hydrogen) atoms. The van der Waals surface area contributed by atoms with E-state index in [1.54, 1.807) is 11.8 Å². The molecular weight excluding hydrogens is 384 g/mol. The molecule has 164 valence electrons. The number of nitrogens with one attached hydrogen (secondary N) is 1. The Kier molecular flexibility index (Phi) is 7.23. The van der Waals surface area contributed by atoms with Gasteiger partial charge in [-0.3, -0.25) is 19.3 Å². The SMILES string of the molecule is CCN(CC)C(=O)CN(C)C(=O)CN1C(=O)N[C@](C)(c2ccc(C(C)C)cc2)C1=O. The molecule has 1 atom stereocenters. The van der Waals surface area contributed by atoms with Crippen LogP contribution >= 0.6 is 0 Å². The van der Waals surface area contributed by atoms with Crippen LogP contribution < -0.4 is 5.32 Å². The van der Waals surface area contributed by atoms with Crippen molar-refractivity contribution >= 4 is 23.8 Å². The zero-order chi connectivity index (χ0) is 22.6. The lowest BCUT2D eigenvalue weighted by molar-refractivity contribution is -0.141. The molecule has 0 saturated carbocycles. The van der Waals surface area contributed by atoms with Gasteiger partial charge in [-0.15, -0.1) is 0 Å². The minimum atomic E-state index is -1.23. The van der Waals surface area contributed by atoms with Crippen molar-refractivity contribution < 1.29 is 19.2 Å². The predicted molar refractivity (Wildman–Crippen MR) is 114 cm³/mol. The van der Waals surface area contributed by atoms with Crippen molar-refractivity contribution in [2.24, 2.45) is 0 Å². The molecule has 1 aromatic carbocycles. The molecule has 2 rings (SSSR count). The van der Waals surface area contributed by atoms with E-state index in [1.807, 2.05) is 38.1 Å². The molecule has 1 aliphatic heterocycles. The van der Waals surface area contributed by atoms with Gasteiger partial charge in [0.2, 0.25) is 11.8 Å². The number of carbonyl (C=O) groups is 4. The highest BCUT2D eigenvalue weighted by atomic mass is 16.2. The monoisotopic (exact) mass is 416 g/mol. The molecular formula is C22H32N4O4. The van der Waals surface area contributed by atoms with Crippen molar-refractivity contribution in [1.29, 1.82) is 0 Å². The number of rotatable bonds is 8. The normalized spacial score (nSPS) is 18.6. The second-order valence-electron chi connectivity index (χ2n) is 8.04. The Morgan fingerprint density at radius 2 is 1.63 bits per heavy atom. The van der Waals surface area contributed by atoms with Gasteiger partial charge in [0.1, 0.15) is 12.1 Å². The van der Waals surface area contributed by atoms with Gasteiger partial charge in [-0.25, -0.2) is 4.79 Å². The second-order valence-corrected chi connectivity index (χ2v) is 8.04. The molecule has 5 amide bonds. The molecule has 0 aliphatic carbocycles. The van der Waals surface area contributed by atoms with Gasteiger partial charge in [-0.2, -0.15) is 0 Å². The van der Waals surface area contributed by atoms with Crippen LogP contribution in [-0.4, -0.2) is 71.7 Å². The minimum Gasteiger partial charge on any atom is -0.342 e. The highest BCUT2D eigenvalue weighted by molar-refractivity contribution is 6.09. The quantitative estimate of drug-likeness (QED) is 0.656. The van der Waals surface area contributed by atoms with Crippen LogP contribution in [0.3, 0.4) is 0 Å². The zero-order valence-corrected chi connectivity index (χ0v) is 18.7. The molecule has 1 heterocycles. The average molecular weight is 417 g/mol. The Balaban J connectivity index is 2.10.